The number of nitrogens with two attached hydrogens (primary N) is 1. The monoisotopic (exact) mass is 258 g/mol. The Morgan fingerprint density at radius 3 is 2.69 bits per heavy atom. The number of primary sulfonamides is 1. The Morgan fingerprint density at radius 1 is 1.38 bits per heavy atom. The van der Waals surface area contributed by atoms with E-state index in [1.54, 1.807) is 0 Å². The van der Waals surface area contributed by atoms with E-state index in [9.17, 15) is 8.42 Å². The lowest BCUT2D eigenvalue weighted by Crippen LogP contribution is -2.12. The molecular weight excluding hydrogens is 252 g/mol. The van der Waals surface area contributed by atoms with Crippen molar-refractivity contribution in [1.82, 2.24) is 4.98 Å². The fraction of sp³-hybridized carbons (Fsp3) is 0. The van der Waals surface area contributed by atoms with Gasteiger partial charge in [0.2, 0.25) is 15.9 Å². The van der Waals surface area contributed by atoms with Crippen LogP contribution >= 0.6 is 11.6 Å². The van der Waals surface area contributed by atoms with E-state index in [0.29, 0.717) is 10.6 Å². The second kappa shape index (κ2) is 3.89. The number of rotatable bonds is 2. The highest BCUT2D eigenvalue weighted by Crippen LogP contribution is 2.28. The third kappa shape index (κ3) is 2.08. The van der Waals surface area contributed by atoms with Crippen molar-refractivity contribution in [1.29, 1.82) is 0 Å². The molecule has 2 N–H and O–H groups in total. The summed E-state index contributed by atoms with van der Waals surface area (Å²) < 4.78 is 27.3. The van der Waals surface area contributed by atoms with Crippen molar-refractivity contribution in [2.45, 2.75) is 4.90 Å². The molecule has 84 valence electrons. The number of hydrogen-bond donors (Lipinski definition) is 1. The quantitative estimate of drug-likeness (QED) is 0.887. The van der Waals surface area contributed by atoms with E-state index in [1.165, 1.54) is 30.7 Å². The molecule has 0 radical (unpaired) electrons. The average molecular weight is 259 g/mol. The first-order chi connectivity index (χ1) is 7.48. The van der Waals surface area contributed by atoms with Crippen LogP contribution in [0.5, 0.6) is 0 Å². The summed E-state index contributed by atoms with van der Waals surface area (Å²) >= 11 is 5.90. The molecule has 2 rings (SSSR count). The summed E-state index contributed by atoms with van der Waals surface area (Å²) in [5.41, 5.74) is 0.387. The smallest absolute Gasteiger partial charge is 0.238 e. The van der Waals surface area contributed by atoms with E-state index in [2.05, 4.69) is 4.98 Å². The zero-order valence-corrected chi connectivity index (χ0v) is 9.49. The van der Waals surface area contributed by atoms with E-state index in [-0.39, 0.29) is 10.8 Å². The number of oxazole rings is 1. The van der Waals surface area contributed by atoms with Crippen LogP contribution in [0.15, 0.2) is 40.0 Å². The van der Waals surface area contributed by atoms with E-state index >= 15 is 0 Å². The summed E-state index contributed by atoms with van der Waals surface area (Å²) in [6.45, 7) is 0. The summed E-state index contributed by atoms with van der Waals surface area (Å²) in [6, 6.07) is 4.08. The Kier molecular flexibility index (Phi) is 2.71. The van der Waals surface area contributed by atoms with Gasteiger partial charge in [-0.25, -0.2) is 18.5 Å². The highest BCUT2D eigenvalue weighted by Gasteiger charge is 2.14. The summed E-state index contributed by atoms with van der Waals surface area (Å²) in [7, 11) is -3.76. The Bertz CT molecular complexity index is 608. The maximum atomic E-state index is 11.1. The number of benzene rings is 1. The van der Waals surface area contributed by atoms with E-state index in [1.807, 2.05) is 0 Å². The fourth-order valence-corrected chi connectivity index (χ4v) is 1.94. The van der Waals surface area contributed by atoms with Crippen LogP contribution in [-0.2, 0) is 10.0 Å². The van der Waals surface area contributed by atoms with Crippen molar-refractivity contribution >= 4 is 21.6 Å². The van der Waals surface area contributed by atoms with Gasteiger partial charge in [-0.05, 0) is 18.2 Å². The molecule has 0 aliphatic heterocycles. The Labute approximate surface area is 96.9 Å². The predicted molar refractivity (Wildman–Crippen MR) is 58.3 cm³/mol. The van der Waals surface area contributed by atoms with Gasteiger partial charge in [0.25, 0.3) is 0 Å². The highest BCUT2D eigenvalue weighted by molar-refractivity contribution is 7.89. The first-order valence-corrected chi connectivity index (χ1v) is 6.13. The van der Waals surface area contributed by atoms with Gasteiger partial charge in [-0.2, -0.15) is 0 Å². The summed E-state index contributed by atoms with van der Waals surface area (Å²) in [4.78, 5) is 3.85. The molecule has 5 nitrogen and oxygen atoms in total. The van der Waals surface area contributed by atoms with Crippen LogP contribution in [0.1, 0.15) is 0 Å². The SMILES string of the molecule is NS(=O)(=O)c1ccc(Cl)c(-c2ncco2)c1. The number of sulfonamides is 1. The molecular formula is C9H7ClN2O3S. The maximum absolute atomic E-state index is 11.1. The summed E-state index contributed by atoms with van der Waals surface area (Å²) in [5.74, 6) is 0.246. The van der Waals surface area contributed by atoms with E-state index < -0.39 is 10.0 Å². The van der Waals surface area contributed by atoms with Crippen LogP contribution in [0.25, 0.3) is 11.5 Å². The van der Waals surface area contributed by atoms with Gasteiger partial charge in [0, 0.05) is 0 Å². The van der Waals surface area contributed by atoms with Gasteiger partial charge in [-0.1, -0.05) is 11.6 Å². The molecule has 0 amide bonds. The molecule has 0 unspecified atom stereocenters. The standard InChI is InChI=1S/C9H7ClN2O3S/c10-8-2-1-6(16(11,13)14)5-7(8)9-12-3-4-15-9/h1-5H,(H2,11,13,14). The van der Waals surface area contributed by atoms with Crippen molar-refractivity contribution in [2.75, 3.05) is 0 Å². The minimum Gasteiger partial charge on any atom is -0.444 e. The minimum atomic E-state index is -3.76. The second-order valence-electron chi connectivity index (χ2n) is 3.02. The third-order valence-corrected chi connectivity index (χ3v) is 3.17. The highest BCUT2D eigenvalue weighted by atomic mass is 35.5. The first kappa shape index (κ1) is 11.1. The lowest BCUT2D eigenvalue weighted by atomic mass is 10.2. The molecule has 0 atom stereocenters. The molecule has 7 heteroatoms. The summed E-state index contributed by atoms with van der Waals surface area (Å²) in [6.07, 6.45) is 2.81. The Balaban J connectivity index is 2.63. The van der Waals surface area contributed by atoms with E-state index in [4.69, 9.17) is 21.2 Å². The Morgan fingerprint density at radius 2 is 2.12 bits per heavy atom. The van der Waals surface area contributed by atoms with E-state index in [0.717, 1.165) is 0 Å². The molecule has 16 heavy (non-hydrogen) atoms. The second-order valence-corrected chi connectivity index (χ2v) is 4.99. The predicted octanol–water partition coefficient (Wildman–Crippen LogP) is 1.64. The zero-order chi connectivity index (χ0) is 11.8. The molecule has 1 heterocycles. The van der Waals surface area contributed by atoms with Crippen LogP contribution in [0.3, 0.4) is 0 Å². The molecule has 2 aromatic rings. The van der Waals surface area contributed by atoms with Gasteiger partial charge in [-0.3, -0.25) is 0 Å². The van der Waals surface area contributed by atoms with Gasteiger partial charge in [0.05, 0.1) is 21.7 Å². The number of nitrogens with zero attached hydrogens (tertiary/aromatic N) is 1. The molecule has 0 bridgehead atoms. The normalized spacial score (nSPS) is 11.6. The van der Waals surface area contributed by atoms with Crippen molar-refractivity contribution in [3.63, 3.8) is 0 Å². The van der Waals surface area contributed by atoms with Crippen molar-refractivity contribution < 1.29 is 12.8 Å². The molecule has 0 saturated carbocycles. The van der Waals surface area contributed by atoms with Gasteiger partial charge < -0.3 is 4.42 Å². The maximum Gasteiger partial charge on any atom is 0.238 e. The molecule has 0 saturated heterocycles. The van der Waals surface area contributed by atoms with Crippen molar-refractivity contribution in [2.24, 2.45) is 5.14 Å². The van der Waals surface area contributed by atoms with Crippen LogP contribution < -0.4 is 5.14 Å². The number of hydrogen-bond acceptors (Lipinski definition) is 4. The largest absolute Gasteiger partial charge is 0.444 e. The fourth-order valence-electron chi connectivity index (χ4n) is 1.20. The van der Waals surface area contributed by atoms with Gasteiger partial charge in [-0.15, -0.1) is 0 Å². The topological polar surface area (TPSA) is 86.2 Å². The average Bonchev–Trinajstić information content (AvgIpc) is 2.69. The van der Waals surface area contributed by atoms with Crippen LogP contribution in [-0.4, -0.2) is 13.4 Å². The van der Waals surface area contributed by atoms with Gasteiger partial charge >= 0.3 is 0 Å². The lowest BCUT2D eigenvalue weighted by Gasteiger charge is -2.02. The Hall–Kier alpha value is -1.37. The van der Waals surface area contributed by atoms with Crippen molar-refractivity contribution in [3.05, 3.63) is 35.7 Å². The number of halogens is 1. The zero-order valence-electron chi connectivity index (χ0n) is 7.92. The van der Waals surface area contributed by atoms with Crippen LogP contribution in [0, 0.1) is 0 Å². The first-order valence-electron chi connectivity index (χ1n) is 4.21. The molecule has 0 aliphatic carbocycles. The molecule has 1 aromatic heterocycles. The molecule has 0 aliphatic rings. The van der Waals surface area contributed by atoms with Crippen LogP contribution in [0.4, 0.5) is 0 Å². The van der Waals surface area contributed by atoms with Gasteiger partial charge in [0.15, 0.2) is 0 Å². The van der Waals surface area contributed by atoms with Gasteiger partial charge in [0.1, 0.15) is 6.26 Å². The molecule has 0 fully saturated rings. The van der Waals surface area contributed by atoms with Crippen LogP contribution in [0.2, 0.25) is 5.02 Å². The molecule has 1 aromatic carbocycles. The minimum absolute atomic E-state index is 0.0369. The van der Waals surface area contributed by atoms with Crippen molar-refractivity contribution in [3.8, 4) is 11.5 Å². The molecule has 0 spiro atoms. The number of aromatic nitrogens is 1. The lowest BCUT2D eigenvalue weighted by molar-refractivity contribution is 0.574. The third-order valence-electron chi connectivity index (χ3n) is 1.93. The summed E-state index contributed by atoms with van der Waals surface area (Å²) in [5, 5.41) is 5.35.